The molecule has 0 bridgehead atoms. The predicted molar refractivity (Wildman–Crippen MR) is 97.2 cm³/mol. The minimum atomic E-state index is -0.967. The van der Waals surface area contributed by atoms with Crippen LogP contribution in [-0.4, -0.2) is 54.4 Å². The Hall–Kier alpha value is -2.12. The summed E-state index contributed by atoms with van der Waals surface area (Å²) in [7, 11) is 1.76. The van der Waals surface area contributed by atoms with Crippen LogP contribution < -0.4 is 14.8 Å². The summed E-state index contributed by atoms with van der Waals surface area (Å²) in [5, 5.41) is 12.9. The standard InChI is InChI=1S/C19H28N2O5/c1-18(2,19(3,4)24)9-17(23)20-11-21(5)10-14(22)13-6-7-15-16(8-13)26-12-25-15/h6-8,24H,9-12H2,1-5H3,(H,20,23). The van der Waals surface area contributed by atoms with Gasteiger partial charge in [-0.1, -0.05) is 13.8 Å². The first-order valence-electron chi connectivity index (χ1n) is 8.60. The van der Waals surface area contributed by atoms with Gasteiger partial charge in [0.1, 0.15) is 0 Å². The number of carbonyl (C=O) groups excluding carboxylic acids is 2. The van der Waals surface area contributed by atoms with Gasteiger partial charge in [-0.15, -0.1) is 0 Å². The highest BCUT2D eigenvalue weighted by molar-refractivity contribution is 5.98. The van der Waals surface area contributed by atoms with E-state index in [1.54, 1.807) is 44.0 Å². The molecule has 1 amide bonds. The van der Waals surface area contributed by atoms with Crippen LogP contribution in [0.25, 0.3) is 0 Å². The molecular weight excluding hydrogens is 336 g/mol. The van der Waals surface area contributed by atoms with Crippen LogP contribution in [0.3, 0.4) is 0 Å². The van der Waals surface area contributed by atoms with E-state index in [2.05, 4.69) is 5.32 Å². The van der Waals surface area contributed by atoms with Crippen molar-refractivity contribution in [2.75, 3.05) is 27.1 Å². The van der Waals surface area contributed by atoms with Crippen LogP contribution >= 0.6 is 0 Å². The molecule has 0 saturated heterocycles. The Morgan fingerprint density at radius 1 is 1.19 bits per heavy atom. The molecule has 7 heteroatoms. The molecule has 1 heterocycles. The molecule has 1 aromatic carbocycles. The molecule has 7 nitrogen and oxygen atoms in total. The molecule has 1 aliphatic rings. The zero-order valence-electron chi connectivity index (χ0n) is 16.1. The molecule has 1 aromatic rings. The highest BCUT2D eigenvalue weighted by Gasteiger charge is 2.36. The molecule has 144 valence electrons. The number of nitrogens with zero attached hydrogens (tertiary/aromatic N) is 1. The van der Waals surface area contributed by atoms with Gasteiger partial charge in [0.05, 0.1) is 18.8 Å². The number of nitrogens with one attached hydrogen (secondary N) is 1. The number of ether oxygens (including phenoxy) is 2. The highest BCUT2D eigenvalue weighted by Crippen LogP contribution is 2.34. The quantitative estimate of drug-likeness (QED) is 0.540. The Balaban J connectivity index is 1.82. The molecule has 2 N–H and O–H groups in total. The summed E-state index contributed by atoms with van der Waals surface area (Å²) < 4.78 is 10.5. The minimum Gasteiger partial charge on any atom is -0.454 e. The van der Waals surface area contributed by atoms with E-state index in [1.807, 2.05) is 13.8 Å². The number of aliphatic hydroxyl groups is 1. The van der Waals surface area contributed by atoms with Crippen LogP contribution in [0.2, 0.25) is 0 Å². The second-order valence-electron chi connectivity index (χ2n) is 7.88. The van der Waals surface area contributed by atoms with E-state index in [9.17, 15) is 14.7 Å². The van der Waals surface area contributed by atoms with Crippen molar-refractivity contribution >= 4 is 11.7 Å². The number of amides is 1. The van der Waals surface area contributed by atoms with Gasteiger partial charge in [0.2, 0.25) is 12.7 Å². The van der Waals surface area contributed by atoms with Gasteiger partial charge in [-0.25, -0.2) is 0 Å². The van der Waals surface area contributed by atoms with Crippen molar-refractivity contribution in [2.24, 2.45) is 5.41 Å². The smallest absolute Gasteiger partial charge is 0.231 e. The summed E-state index contributed by atoms with van der Waals surface area (Å²) in [5.41, 5.74) is -0.987. The molecular formula is C19H28N2O5. The first-order valence-corrected chi connectivity index (χ1v) is 8.60. The van der Waals surface area contributed by atoms with Crippen LogP contribution in [0, 0.1) is 5.41 Å². The fraction of sp³-hybridized carbons (Fsp3) is 0.579. The lowest BCUT2D eigenvalue weighted by Crippen LogP contribution is -2.44. The van der Waals surface area contributed by atoms with E-state index in [0.29, 0.717) is 17.1 Å². The van der Waals surface area contributed by atoms with E-state index in [0.717, 1.165) is 0 Å². The zero-order valence-corrected chi connectivity index (χ0v) is 16.1. The van der Waals surface area contributed by atoms with E-state index >= 15 is 0 Å². The molecule has 0 atom stereocenters. The topological polar surface area (TPSA) is 88.1 Å². The fourth-order valence-corrected chi connectivity index (χ4v) is 2.37. The lowest BCUT2D eigenvalue weighted by Gasteiger charge is -2.36. The number of likely N-dealkylation sites (N-methyl/N-ethyl adjacent to an activating group) is 1. The van der Waals surface area contributed by atoms with Crippen molar-refractivity contribution in [1.82, 2.24) is 10.2 Å². The molecule has 0 radical (unpaired) electrons. The van der Waals surface area contributed by atoms with E-state index < -0.39 is 11.0 Å². The van der Waals surface area contributed by atoms with E-state index in [1.165, 1.54) is 0 Å². The summed E-state index contributed by atoms with van der Waals surface area (Å²) >= 11 is 0. The normalized spacial score (nSPS) is 13.8. The number of rotatable bonds is 8. The average Bonchev–Trinajstić information content (AvgIpc) is 2.98. The number of benzene rings is 1. The molecule has 0 aromatic heterocycles. The van der Waals surface area contributed by atoms with Gasteiger partial charge in [0.15, 0.2) is 17.3 Å². The third-order valence-electron chi connectivity index (χ3n) is 4.91. The van der Waals surface area contributed by atoms with Crippen LogP contribution in [0.5, 0.6) is 11.5 Å². The van der Waals surface area contributed by atoms with Crippen molar-refractivity contribution in [3.05, 3.63) is 23.8 Å². The average molecular weight is 364 g/mol. The maximum Gasteiger partial charge on any atom is 0.231 e. The second kappa shape index (κ2) is 7.63. The molecule has 0 spiro atoms. The number of fused-ring (bicyclic) bond motifs is 1. The first-order chi connectivity index (χ1) is 12.0. The van der Waals surface area contributed by atoms with Crippen molar-refractivity contribution < 1.29 is 24.2 Å². The number of hydrogen-bond donors (Lipinski definition) is 2. The van der Waals surface area contributed by atoms with Crippen molar-refractivity contribution in [1.29, 1.82) is 0 Å². The molecule has 0 fully saturated rings. The number of Topliss-reactive ketones (excluding diaryl/α,β-unsaturated/α-hetero) is 1. The van der Waals surface area contributed by atoms with Crippen LogP contribution in [-0.2, 0) is 4.79 Å². The third-order valence-corrected chi connectivity index (χ3v) is 4.91. The Morgan fingerprint density at radius 2 is 1.85 bits per heavy atom. The van der Waals surface area contributed by atoms with Crippen molar-refractivity contribution in [3.63, 3.8) is 0 Å². The number of ketones is 1. The Labute approximate surface area is 154 Å². The summed E-state index contributed by atoms with van der Waals surface area (Å²) in [6, 6.07) is 5.09. The molecule has 0 unspecified atom stereocenters. The van der Waals surface area contributed by atoms with E-state index in [4.69, 9.17) is 9.47 Å². The molecule has 1 aliphatic heterocycles. The van der Waals surface area contributed by atoms with E-state index in [-0.39, 0.29) is 38.1 Å². The largest absolute Gasteiger partial charge is 0.454 e. The zero-order chi connectivity index (χ0) is 19.5. The first kappa shape index (κ1) is 20.2. The Morgan fingerprint density at radius 3 is 2.50 bits per heavy atom. The van der Waals surface area contributed by atoms with Gasteiger partial charge in [0.25, 0.3) is 0 Å². The van der Waals surface area contributed by atoms with Gasteiger partial charge < -0.3 is 19.9 Å². The molecule has 26 heavy (non-hydrogen) atoms. The van der Waals surface area contributed by atoms with Crippen molar-refractivity contribution in [2.45, 2.75) is 39.7 Å². The van der Waals surface area contributed by atoms with Gasteiger partial charge in [-0.3, -0.25) is 14.5 Å². The highest BCUT2D eigenvalue weighted by atomic mass is 16.7. The maximum atomic E-state index is 12.4. The lowest BCUT2D eigenvalue weighted by molar-refractivity contribution is -0.128. The van der Waals surface area contributed by atoms with Crippen LogP contribution in [0.15, 0.2) is 18.2 Å². The van der Waals surface area contributed by atoms with Crippen molar-refractivity contribution in [3.8, 4) is 11.5 Å². The van der Waals surface area contributed by atoms with Gasteiger partial charge in [-0.05, 0) is 39.1 Å². The van der Waals surface area contributed by atoms with Crippen LogP contribution in [0.4, 0.5) is 0 Å². The number of hydrogen-bond acceptors (Lipinski definition) is 6. The van der Waals surface area contributed by atoms with Gasteiger partial charge >= 0.3 is 0 Å². The molecule has 0 aliphatic carbocycles. The lowest BCUT2D eigenvalue weighted by atomic mass is 9.74. The second-order valence-corrected chi connectivity index (χ2v) is 7.88. The van der Waals surface area contributed by atoms with Gasteiger partial charge in [0, 0.05) is 17.4 Å². The minimum absolute atomic E-state index is 0.0723. The molecule has 2 rings (SSSR count). The summed E-state index contributed by atoms with van der Waals surface area (Å²) in [6.07, 6.45) is 0.195. The van der Waals surface area contributed by atoms with Gasteiger partial charge in [-0.2, -0.15) is 0 Å². The summed E-state index contributed by atoms with van der Waals surface area (Å²) in [6.45, 7) is 7.65. The Bertz CT molecular complexity index is 679. The maximum absolute atomic E-state index is 12.4. The summed E-state index contributed by atoms with van der Waals surface area (Å²) in [4.78, 5) is 26.2. The fourth-order valence-electron chi connectivity index (χ4n) is 2.37. The molecule has 0 saturated carbocycles. The third kappa shape index (κ3) is 4.95. The SMILES string of the molecule is CN(CNC(=O)CC(C)(C)C(C)(C)O)CC(=O)c1ccc2c(c1)OCO2. The monoisotopic (exact) mass is 364 g/mol. The Kier molecular flexibility index (Phi) is 5.93. The summed E-state index contributed by atoms with van der Waals surface area (Å²) in [5.74, 6) is 0.966. The number of carbonyl (C=O) groups is 2. The van der Waals surface area contributed by atoms with Crippen LogP contribution in [0.1, 0.15) is 44.5 Å². The predicted octanol–water partition coefficient (Wildman–Crippen LogP) is 1.79.